The molecule has 0 bridgehead atoms. The van der Waals surface area contributed by atoms with Gasteiger partial charge in [-0.2, -0.15) is 0 Å². The van der Waals surface area contributed by atoms with Gasteiger partial charge in [-0.15, -0.1) is 0 Å². The van der Waals surface area contributed by atoms with Crippen molar-refractivity contribution >= 4 is 5.91 Å². The molecule has 1 aliphatic rings. The van der Waals surface area contributed by atoms with Crippen LogP contribution in [0.15, 0.2) is 30.3 Å². The summed E-state index contributed by atoms with van der Waals surface area (Å²) in [5.41, 5.74) is 6.12. The molecule has 18 heavy (non-hydrogen) atoms. The number of carbonyl (C=O) groups excluding carboxylic acids is 1. The van der Waals surface area contributed by atoms with Crippen molar-refractivity contribution in [1.82, 2.24) is 5.32 Å². The van der Waals surface area contributed by atoms with Gasteiger partial charge >= 0.3 is 0 Å². The third-order valence-corrected chi connectivity index (χ3v) is 3.51. The Morgan fingerprint density at radius 1 is 1.28 bits per heavy atom. The smallest absolute Gasteiger partial charge is 0.237 e. The average molecular weight is 248 g/mol. The molecule has 1 aromatic carbocycles. The van der Waals surface area contributed by atoms with E-state index in [1.807, 2.05) is 30.3 Å². The maximum Gasteiger partial charge on any atom is 0.237 e. The topological polar surface area (TPSA) is 64.4 Å². The van der Waals surface area contributed by atoms with E-state index < -0.39 is 5.54 Å². The summed E-state index contributed by atoms with van der Waals surface area (Å²) in [5.74, 6) is -0.274. The molecule has 0 aliphatic carbocycles. The minimum atomic E-state index is -0.619. The highest BCUT2D eigenvalue weighted by molar-refractivity contribution is 5.84. The summed E-state index contributed by atoms with van der Waals surface area (Å²) in [5, 5.41) is 3.34. The number of ether oxygens (including phenoxy) is 1. The van der Waals surface area contributed by atoms with E-state index in [1.54, 1.807) is 0 Å². The Kier molecular flexibility index (Phi) is 4.33. The number of carbonyl (C=O) groups is 1. The molecule has 1 fully saturated rings. The van der Waals surface area contributed by atoms with Crippen LogP contribution >= 0.6 is 0 Å². The van der Waals surface area contributed by atoms with Gasteiger partial charge in [-0.25, -0.2) is 0 Å². The van der Waals surface area contributed by atoms with Crippen LogP contribution in [0.1, 0.15) is 24.8 Å². The number of hydrogen-bond acceptors (Lipinski definition) is 3. The molecule has 0 aromatic heterocycles. The second-order valence-electron chi connectivity index (χ2n) is 4.75. The molecule has 4 heteroatoms. The van der Waals surface area contributed by atoms with Gasteiger partial charge in [-0.1, -0.05) is 30.3 Å². The predicted molar refractivity (Wildman–Crippen MR) is 69.9 cm³/mol. The maximum absolute atomic E-state index is 11.8. The van der Waals surface area contributed by atoms with Crippen LogP contribution in [0.2, 0.25) is 0 Å². The molecule has 2 rings (SSSR count). The lowest BCUT2D eigenvalue weighted by Crippen LogP contribution is -2.55. The fraction of sp³-hybridized carbons (Fsp3) is 0.500. The molecule has 98 valence electrons. The van der Waals surface area contributed by atoms with E-state index in [9.17, 15) is 4.79 Å². The van der Waals surface area contributed by atoms with Crippen LogP contribution in [-0.4, -0.2) is 24.7 Å². The van der Waals surface area contributed by atoms with E-state index in [-0.39, 0.29) is 5.91 Å². The summed E-state index contributed by atoms with van der Waals surface area (Å²) < 4.78 is 5.40. The van der Waals surface area contributed by atoms with Crippen LogP contribution in [0.4, 0.5) is 0 Å². The monoisotopic (exact) mass is 248 g/mol. The first-order chi connectivity index (χ1) is 8.73. The Morgan fingerprint density at radius 2 is 2.06 bits per heavy atom. The van der Waals surface area contributed by atoms with Crippen molar-refractivity contribution in [3.63, 3.8) is 0 Å². The minimum Gasteiger partial charge on any atom is -0.381 e. The van der Waals surface area contributed by atoms with E-state index in [0.717, 1.165) is 18.4 Å². The number of rotatable bonds is 4. The zero-order chi connectivity index (χ0) is 12.8. The van der Waals surface area contributed by atoms with Crippen LogP contribution < -0.4 is 11.1 Å². The Balaban J connectivity index is 2.04. The highest BCUT2D eigenvalue weighted by Gasteiger charge is 2.36. The first kappa shape index (κ1) is 13.1. The summed E-state index contributed by atoms with van der Waals surface area (Å²) in [6.07, 6.45) is 2.26. The van der Waals surface area contributed by atoms with Gasteiger partial charge < -0.3 is 10.5 Å². The molecule has 1 aliphatic heterocycles. The molecule has 0 saturated carbocycles. The van der Waals surface area contributed by atoms with E-state index in [2.05, 4.69) is 5.32 Å². The number of primary amides is 1. The quantitative estimate of drug-likeness (QED) is 0.841. The summed E-state index contributed by atoms with van der Waals surface area (Å²) in [7, 11) is 0. The average Bonchev–Trinajstić information content (AvgIpc) is 2.64. The fourth-order valence-corrected chi connectivity index (χ4v) is 2.33. The third-order valence-electron chi connectivity index (χ3n) is 3.51. The SMILES string of the molecule is NC(=O)C1(NCc2ccccc2)CCCOCC1. The van der Waals surface area contributed by atoms with Crippen molar-refractivity contribution in [3.8, 4) is 0 Å². The second kappa shape index (κ2) is 5.98. The van der Waals surface area contributed by atoms with Crippen molar-refractivity contribution in [2.75, 3.05) is 13.2 Å². The molecular formula is C14H20N2O2. The highest BCUT2D eigenvalue weighted by atomic mass is 16.5. The molecule has 1 aromatic rings. The number of amides is 1. The lowest BCUT2D eigenvalue weighted by Gasteiger charge is -2.30. The van der Waals surface area contributed by atoms with Crippen molar-refractivity contribution in [2.45, 2.75) is 31.3 Å². The predicted octanol–water partition coefficient (Wildman–Crippen LogP) is 1.20. The Labute approximate surface area is 108 Å². The molecular weight excluding hydrogens is 228 g/mol. The van der Waals surface area contributed by atoms with Gasteiger partial charge in [0.25, 0.3) is 0 Å². The number of benzene rings is 1. The maximum atomic E-state index is 11.8. The molecule has 0 radical (unpaired) electrons. The van der Waals surface area contributed by atoms with Gasteiger partial charge in [0.1, 0.15) is 5.54 Å². The number of hydrogen-bond donors (Lipinski definition) is 2. The van der Waals surface area contributed by atoms with E-state index in [0.29, 0.717) is 26.2 Å². The number of nitrogens with two attached hydrogens (primary N) is 1. The molecule has 4 nitrogen and oxygen atoms in total. The van der Waals surface area contributed by atoms with Crippen LogP contribution in [0.5, 0.6) is 0 Å². The Bertz CT molecular complexity index is 384. The normalized spacial score (nSPS) is 24.4. The number of nitrogens with one attached hydrogen (secondary N) is 1. The van der Waals surface area contributed by atoms with Gasteiger partial charge in [0.15, 0.2) is 0 Å². The molecule has 3 N–H and O–H groups in total. The Hall–Kier alpha value is -1.39. The van der Waals surface area contributed by atoms with Crippen molar-refractivity contribution < 1.29 is 9.53 Å². The summed E-state index contributed by atoms with van der Waals surface area (Å²) in [6, 6.07) is 10.0. The van der Waals surface area contributed by atoms with Crippen LogP contribution in [0, 0.1) is 0 Å². The molecule has 1 unspecified atom stereocenters. The second-order valence-corrected chi connectivity index (χ2v) is 4.75. The van der Waals surface area contributed by atoms with E-state index in [4.69, 9.17) is 10.5 Å². The van der Waals surface area contributed by atoms with Gasteiger partial charge in [-0.3, -0.25) is 10.1 Å². The largest absolute Gasteiger partial charge is 0.381 e. The lowest BCUT2D eigenvalue weighted by molar-refractivity contribution is -0.125. The van der Waals surface area contributed by atoms with E-state index in [1.165, 1.54) is 0 Å². The molecule has 1 heterocycles. The first-order valence-electron chi connectivity index (χ1n) is 6.40. The third kappa shape index (κ3) is 3.09. The summed E-state index contributed by atoms with van der Waals surface area (Å²) >= 11 is 0. The summed E-state index contributed by atoms with van der Waals surface area (Å²) in [4.78, 5) is 11.8. The summed E-state index contributed by atoms with van der Waals surface area (Å²) in [6.45, 7) is 1.95. The Morgan fingerprint density at radius 3 is 2.78 bits per heavy atom. The molecule has 0 spiro atoms. The van der Waals surface area contributed by atoms with Crippen LogP contribution in [-0.2, 0) is 16.1 Å². The molecule has 1 saturated heterocycles. The molecule has 1 amide bonds. The van der Waals surface area contributed by atoms with E-state index >= 15 is 0 Å². The van der Waals surface area contributed by atoms with Crippen molar-refractivity contribution in [3.05, 3.63) is 35.9 Å². The standard InChI is InChI=1S/C14H20N2O2/c15-13(17)14(7-4-9-18-10-8-14)16-11-12-5-2-1-3-6-12/h1-3,5-6,16H,4,7-11H2,(H2,15,17). The van der Waals surface area contributed by atoms with Gasteiger partial charge in [0, 0.05) is 19.8 Å². The zero-order valence-corrected chi connectivity index (χ0v) is 10.5. The highest BCUT2D eigenvalue weighted by Crippen LogP contribution is 2.21. The molecule has 1 atom stereocenters. The van der Waals surface area contributed by atoms with Crippen LogP contribution in [0.3, 0.4) is 0 Å². The van der Waals surface area contributed by atoms with Gasteiger partial charge in [0.2, 0.25) is 5.91 Å². The van der Waals surface area contributed by atoms with Crippen LogP contribution in [0.25, 0.3) is 0 Å². The lowest BCUT2D eigenvalue weighted by atomic mass is 9.89. The zero-order valence-electron chi connectivity index (χ0n) is 10.5. The van der Waals surface area contributed by atoms with Crippen molar-refractivity contribution in [1.29, 1.82) is 0 Å². The van der Waals surface area contributed by atoms with Crippen molar-refractivity contribution in [2.24, 2.45) is 5.73 Å². The van der Waals surface area contributed by atoms with Gasteiger partial charge in [-0.05, 0) is 24.8 Å². The fourth-order valence-electron chi connectivity index (χ4n) is 2.33. The van der Waals surface area contributed by atoms with Gasteiger partial charge in [0.05, 0.1) is 0 Å². The first-order valence-corrected chi connectivity index (χ1v) is 6.40. The minimum absolute atomic E-state index is 0.274.